The maximum atomic E-state index is 12.7. The van der Waals surface area contributed by atoms with Crippen molar-refractivity contribution in [2.24, 2.45) is 11.3 Å². The molecule has 0 aromatic carbocycles. The number of nitrogens with one attached hydrogen (secondary N) is 2. The highest BCUT2D eigenvalue weighted by Gasteiger charge is 2.58. The van der Waals surface area contributed by atoms with Crippen molar-refractivity contribution in [2.45, 2.75) is 63.6 Å². The number of rotatable bonds is 4. The number of carbonyl (C=O) groups excluding carboxylic acids is 1. The van der Waals surface area contributed by atoms with E-state index in [0.29, 0.717) is 17.9 Å². The van der Waals surface area contributed by atoms with Crippen LogP contribution in [0.1, 0.15) is 61.5 Å². The Balaban J connectivity index is 1.45. The number of hydrogen-bond donors (Lipinski definition) is 3. The summed E-state index contributed by atoms with van der Waals surface area (Å²) in [7, 11) is 2.16. The minimum absolute atomic E-state index is 0.0342. The molecule has 1 aromatic rings. The molecule has 5 nitrogen and oxygen atoms in total. The van der Waals surface area contributed by atoms with Gasteiger partial charge in [0.15, 0.2) is 0 Å². The number of nitrogens with zero attached hydrogens (tertiary/aromatic N) is 1. The Labute approximate surface area is 143 Å². The summed E-state index contributed by atoms with van der Waals surface area (Å²) in [6.07, 6.45) is 5.43. The largest absolute Gasteiger partial charge is 0.391 e. The smallest absolute Gasteiger partial charge is 0.253 e. The second-order valence-electron chi connectivity index (χ2n) is 8.60. The molecule has 1 spiro atoms. The second kappa shape index (κ2) is 5.60. The van der Waals surface area contributed by atoms with Gasteiger partial charge in [-0.15, -0.1) is 0 Å². The highest BCUT2D eigenvalue weighted by atomic mass is 16.3. The summed E-state index contributed by atoms with van der Waals surface area (Å²) in [6.45, 7) is 5.53. The summed E-state index contributed by atoms with van der Waals surface area (Å²) >= 11 is 0. The maximum Gasteiger partial charge on any atom is 0.253 e. The van der Waals surface area contributed by atoms with Gasteiger partial charge < -0.3 is 20.3 Å². The molecule has 4 atom stereocenters. The molecular formula is C19H29N3O2. The average Bonchev–Trinajstić information content (AvgIpc) is 3.11. The molecule has 3 fully saturated rings. The van der Waals surface area contributed by atoms with Crippen molar-refractivity contribution in [1.29, 1.82) is 0 Å². The van der Waals surface area contributed by atoms with Crippen LogP contribution >= 0.6 is 0 Å². The fourth-order valence-electron chi connectivity index (χ4n) is 5.53. The van der Waals surface area contributed by atoms with Crippen molar-refractivity contribution in [1.82, 2.24) is 15.2 Å². The Kier molecular flexibility index (Phi) is 3.77. The Morgan fingerprint density at radius 2 is 2.17 bits per heavy atom. The summed E-state index contributed by atoms with van der Waals surface area (Å²) in [4.78, 5) is 18.3. The molecule has 2 saturated carbocycles. The molecule has 0 bridgehead atoms. The normalized spacial score (nSPS) is 36.3. The molecule has 1 amide bonds. The van der Waals surface area contributed by atoms with E-state index in [-0.39, 0.29) is 17.4 Å². The highest BCUT2D eigenvalue weighted by Crippen LogP contribution is 2.52. The van der Waals surface area contributed by atoms with E-state index in [9.17, 15) is 9.90 Å². The van der Waals surface area contributed by atoms with Gasteiger partial charge in [0.05, 0.1) is 17.7 Å². The molecule has 4 rings (SSSR count). The SMILES string of the molecule is CC(C)C1N(C)CC12C[C@@H](O)[C@H](NC(=O)c1cc[nH]c1C1CC1)C2. The third kappa shape index (κ3) is 2.49. The number of carbonyl (C=O) groups is 1. The molecule has 2 heterocycles. The molecule has 1 saturated heterocycles. The van der Waals surface area contributed by atoms with E-state index < -0.39 is 6.10 Å². The van der Waals surface area contributed by atoms with E-state index in [1.165, 1.54) is 12.8 Å². The lowest BCUT2D eigenvalue weighted by Gasteiger charge is -2.57. The van der Waals surface area contributed by atoms with Crippen molar-refractivity contribution in [3.63, 3.8) is 0 Å². The molecule has 2 unspecified atom stereocenters. The molecule has 132 valence electrons. The molecule has 3 aliphatic rings. The molecule has 5 heteroatoms. The number of aliphatic hydroxyl groups excluding tert-OH is 1. The lowest BCUT2D eigenvalue weighted by molar-refractivity contribution is -0.0827. The van der Waals surface area contributed by atoms with Crippen LogP contribution in [0.2, 0.25) is 0 Å². The van der Waals surface area contributed by atoms with Crippen LogP contribution in [-0.2, 0) is 0 Å². The zero-order valence-corrected chi connectivity index (χ0v) is 14.9. The molecule has 1 aromatic heterocycles. The van der Waals surface area contributed by atoms with Gasteiger partial charge in [-0.2, -0.15) is 0 Å². The minimum atomic E-state index is -0.438. The van der Waals surface area contributed by atoms with Crippen molar-refractivity contribution in [3.8, 4) is 0 Å². The quantitative estimate of drug-likeness (QED) is 0.791. The predicted molar refractivity (Wildman–Crippen MR) is 93.0 cm³/mol. The second-order valence-corrected chi connectivity index (χ2v) is 8.60. The van der Waals surface area contributed by atoms with Gasteiger partial charge in [0.2, 0.25) is 0 Å². The van der Waals surface area contributed by atoms with E-state index in [1.807, 2.05) is 12.3 Å². The van der Waals surface area contributed by atoms with Crippen LogP contribution in [0.5, 0.6) is 0 Å². The van der Waals surface area contributed by atoms with Gasteiger partial charge in [0.25, 0.3) is 5.91 Å². The first-order chi connectivity index (χ1) is 11.4. The Morgan fingerprint density at radius 1 is 1.42 bits per heavy atom. The first kappa shape index (κ1) is 16.2. The number of hydrogen-bond acceptors (Lipinski definition) is 3. The van der Waals surface area contributed by atoms with Crippen LogP contribution in [0.15, 0.2) is 12.3 Å². The first-order valence-electron chi connectivity index (χ1n) is 9.28. The van der Waals surface area contributed by atoms with Gasteiger partial charge >= 0.3 is 0 Å². The average molecular weight is 331 g/mol. The summed E-state index contributed by atoms with van der Waals surface area (Å²) < 4.78 is 0. The number of likely N-dealkylation sites (tertiary alicyclic amines) is 1. The van der Waals surface area contributed by atoms with Crippen LogP contribution in [0.4, 0.5) is 0 Å². The Hall–Kier alpha value is -1.33. The molecule has 1 aliphatic heterocycles. The lowest BCUT2D eigenvalue weighted by Crippen LogP contribution is -2.64. The van der Waals surface area contributed by atoms with E-state index in [4.69, 9.17) is 0 Å². The lowest BCUT2D eigenvalue weighted by atomic mass is 9.66. The fourth-order valence-corrected chi connectivity index (χ4v) is 5.53. The zero-order chi connectivity index (χ0) is 17.1. The topological polar surface area (TPSA) is 68.4 Å². The molecular weight excluding hydrogens is 302 g/mol. The van der Waals surface area contributed by atoms with Gasteiger partial charge in [-0.1, -0.05) is 13.8 Å². The van der Waals surface area contributed by atoms with E-state index in [0.717, 1.165) is 30.6 Å². The maximum absolute atomic E-state index is 12.7. The van der Waals surface area contributed by atoms with Gasteiger partial charge in [0.1, 0.15) is 0 Å². The first-order valence-corrected chi connectivity index (χ1v) is 9.28. The van der Waals surface area contributed by atoms with Crippen LogP contribution < -0.4 is 5.32 Å². The van der Waals surface area contributed by atoms with Gasteiger partial charge in [-0.05, 0) is 50.6 Å². The summed E-state index contributed by atoms with van der Waals surface area (Å²) in [5.74, 6) is 1.05. The van der Waals surface area contributed by atoms with Crippen LogP contribution in [0.25, 0.3) is 0 Å². The predicted octanol–water partition coefficient (Wildman–Crippen LogP) is 2.10. The minimum Gasteiger partial charge on any atom is -0.391 e. The van der Waals surface area contributed by atoms with Crippen molar-refractivity contribution in [3.05, 3.63) is 23.5 Å². The number of amides is 1. The van der Waals surface area contributed by atoms with Crippen LogP contribution in [0, 0.1) is 11.3 Å². The highest BCUT2D eigenvalue weighted by molar-refractivity contribution is 5.96. The Bertz CT molecular complexity index is 632. The van der Waals surface area contributed by atoms with Crippen LogP contribution in [-0.4, -0.2) is 52.7 Å². The van der Waals surface area contributed by atoms with Crippen LogP contribution in [0.3, 0.4) is 0 Å². The summed E-state index contributed by atoms with van der Waals surface area (Å²) in [6, 6.07) is 2.24. The van der Waals surface area contributed by atoms with Gasteiger partial charge in [0, 0.05) is 29.9 Å². The van der Waals surface area contributed by atoms with Crippen molar-refractivity contribution < 1.29 is 9.90 Å². The van der Waals surface area contributed by atoms with Gasteiger partial charge in [-0.25, -0.2) is 0 Å². The van der Waals surface area contributed by atoms with E-state index >= 15 is 0 Å². The molecule has 2 aliphatic carbocycles. The third-order valence-corrected chi connectivity index (χ3v) is 6.33. The summed E-state index contributed by atoms with van der Waals surface area (Å²) in [5.41, 5.74) is 1.99. The summed E-state index contributed by atoms with van der Waals surface area (Å²) in [5, 5.41) is 13.7. The molecule has 0 radical (unpaired) electrons. The van der Waals surface area contributed by atoms with E-state index in [1.54, 1.807) is 0 Å². The molecule has 24 heavy (non-hydrogen) atoms. The molecule has 3 N–H and O–H groups in total. The van der Waals surface area contributed by atoms with E-state index in [2.05, 4.69) is 36.1 Å². The number of aliphatic hydroxyl groups is 1. The number of aromatic amines is 1. The third-order valence-electron chi connectivity index (χ3n) is 6.33. The number of H-pyrrole nitrogens is 1. The Morgan fingerprint density at radius 3 is 2.79 bits per heavy atom. The van der Waals surface area contributed by atoms with Crippen molar-refractivity contribution in [2.75, 3.05) is 13.6 Å². The van der Waals surface area contributed by atoms with Gasteiger partial charge in [-0.3, -0.25) is 4.79 Å². The fraction of sp³-hybridized carbons (Fsp3) is 0.737. The standard InChI is InChI=1S/C19H29N3O2/c1-11(2)17-19(10-22(17)3)8-14(15(23)9-19)21-18(24)13-6-7-20-16(13)12-4-5-12/h6-7,11-12,14-15,17,20,23H,4-5,8-10H2,1-3H3,(H,21,24)/t14-,15-,17?,19?/m1/s1. The zero-order valence-electron chi connectivity index (χ0n) is 14.9. The monoisotopic (exact) mass is 331 g/mol. The van der Waals surface area contributed by atoms with Crippen molar-refractivity contribution >= 4 is 5.91 Å². The number of aromatic nitrogens is 1.